The fourth-order valence-electron chi connectivity index (χ4n) is 2.21. The largest absolute Gasteiger partial charge is 0.490 e. The number of hydrogen-bond donors (Lipinski definition) is 1. The zero-order valence-electron chi connectivity index (χ0n) is 15.3. The van der Waals surface area contributed by atoms with Crippen molar-refractivity contribution in [3.05, 3.63) is 53.8 Å². The predicted octanol–water partition coefficient (Wildman–Crippen LogP) is 2.98. The first-order chi connectivity index (χ1) is 13.3. The van der Waals surface area contributed by atoms with E-state index in [1.54, 1.807) is 24.3 Å². The molecule has 0 aliphatic rings. The van der Waals surface area contributed by atoms with Gasteiger partial charge < -0.3 is 19.7 Å². The molecule has 2 aromatic carbocycles. The number of nitrogens with one attached hydrogen (secondary N) is 1. The van der Waals surface area contributed by atoms with Gasteiger partial charge in [0, 0.05) is 7.05 Å². The van der Waals surface area contributed by atoms with Crippen molar-refractivity contribution in [3.8, 4) is 11.5 Å². The zero-order valence-corrected chi connectivity index (χ0v) is 15.3. The Morgan fingerprint density at radius 1 is 1.00 bits per heavy atom. The molecule has 2 aromatic rings. The maximum Gasteiger partial charge on any atom is 0.260 e. The van der Waals surface area contributed by atoms with Gasteiger partial charge in [-0.1, -0.05) is 12.1 Å². The first-order valence-electron chi connectivity index (χ1n) is 8.35. The number of para-hydroxylation sites is 2. The maximum atomic E-state index is 13.6. The molecule has 6 nitrogen and oxygen atoms in total. The van der Waals surface area contributed by atoms with Gasteiger partial charge in [0.1, 0.15) is 0 Å². The minimum atomic E-state index is -1.69. The number of halogens is 3. The molecule has 2 amide bonds. The van der Waals surface area contributed by atoms with E-state index in [9.17, 15) is 22.8 Å². The summed E-state index contributed by atoms with van der Waals surface area (Å²) in [5.41, 5.74) is -0.522. The second kappa shape index (κ2) is 9.63. The van der Waals surface area contributed by atoms with Crippen molar-refractivity contribution in [2.45, 2.75) is 6.92 Å². The van der Waals surface area contributed by atoms with E-state index in [1.165, 1.54) is 7.05 Å². The summed E-state index contributed by atoms with van der Waals surface area (Å²) in [5.74, 6) is -5.02. The van der Waals surface area contributed by atoms with E-state index in [0.717, 1.165) is 11.0 Å². The van der Waals surface area contributed by atoms with E-state index in [2.05, 4.69) is 5.32 Å². The molecule has 0 bridgehead atoms. The predicted molar refractivity (Wildman–Crippen MR) is 95.7 cm³/mol. The molecule has 9 heteroatoms. The lowest BCUT2D eigenvalue weighted by atomic mass is 10.2. The van der Waals surface area contributed by atoms with Crippen LogP contribution < -0.4 is 14.8 Å². The molecule has 0 saturated heterocycles. The quantitative estimate of drug-likeness (QED) is 0.697. The third-order valence-corrected chi connectivity index (χ3v) is 3.62. The number of benzene rings is 2. The van der Waals surface area contributed by atoms with E-state index >= 15 is 0 Å². The normalized spacial score (nSPS) is 10.3. The Labute approximate surface area is 159 Å². The minimum absolute atomic E-state index is 0.354. The molecule has 0 aliphatic heterocycles. The molecule has 150 valence electrons. The maximum absolute atomic E-state index is 13.6. The summed E-state index contributed by atoms with van der Waals surface area (Å²) >= 11 is 0. The molecule has 1 N–H and O–H groups in total. The summed E-state index contributed by atoms with van der Waals surface area (Å²) in [6, 6.07) is 8.38. The van der Waals surface area contributed by atoms with Crippen molar-refractivity contribution in [2.24, 2.45) is 0 Å². The average molecular weight is 396 g/mol. The van der Waals surface area contributed by atoms with Crippen LogP contribution in [-0.2, 0) is 9.59 Å². The SMILES string of the molecule is CCOc1ccccc1OCC(=O)N(C)CC(=O)Nc1ccc(F)c(F)c1F. The minimum Gasteiger partial charge on any atom is -0.490 e. The van der Waals surface area contributed by atoms with E-state index < -0.39 is 41.5 Å². The summed E-state index contributed by atoms with van der Waals surface area (Å²) < 4.78 is 50.5. The molecule has 0 aromatic heterocycles. The van der Waals surface area contributed by atoms with E-state index in [1.807, 2.05) is 6.92 Å². The summed E-state index contributed by atoms with van der Waals surface area (Å²) in [4.78, 5) is 25.1. The molecule has 2 rings (SSSR count). The van der Waals surface area contributed by atoms with Crippen LogP contribution in [0.3, 0.4) is 0 Å². The van der Waals surface area contributed by atoms with Crippen LogP contribution in [0.1, 0.15) is 6.92 Å². The number of nitrogens with zero attached hydrogens (tertiary/aromatic N) is 1. The number of rotatable bonds is 8. The van der Waals surface area contributed by atoms with Crippen LogP contribution >= 0.6 is 0 Å². The molecule has 0 radical (unpaired) electrons. The summed E-state index contributed by atoms with van der Waals surface area (Å²) in [5, 5.41) is 2.09. The Balaban J connectivity index is 1.90. The van der Waals surface area contributed by atoms with Crippen LogP contribution in [0.15, 0.2) is 36.4 Å². The van der Waals surface area contributed by atoms with E-state index in [4.69, 9.17) is 9.47 Å². The van der Waals surface area contributed by atoms with Gasteiger partial charge in [0.15, 0.2) is 35.6 Å². The molecule has 0 aliphatic carbocycles. The van der Waals surface area contributed by atoms with E-state index in [-0.39, 0.29) is 6.61 Å². The Kier molecular flexibility index (Phi) is 7.25. The fraction of sp³-hybridized carbons (Fsp3) is 0.263. The number of carbonyl (C=O) groups is 2. The van der Waals surface area contributed by atoms with Gasteiger partial charge in [0.25, 0.3) is 5.91 Å². The number of carbonyl (C=O) groups excluding carboxylic acids is 2. The average Bonchev–Trinajstić information content (AvgIpc) is 2.67. The van der Waals surface area contributed by atoms with Gasteiger partial charge in [-0.05, 0) is 31.2 Å². The van der Waals surface area contributed by atoms with Gasteiger partial charge in [0.05, 0.1) is 18.8 Å². The number of hydrogen-bond acceptors (Lipinski definition) is 4. The second-order valence-electron chi connectivity index (χ2n) is 5.69. The van der Waals surface area contributed by atoms with Crippen molar-refractivity contribution in [1.82, 2.24) is 4.90 Å². The number of anilines is 1. The van der Waals surface area contributed by atoms with E-state index in [0.29, 0.717) is 24.2 Å². The molecule has 0 fully saturated rings. The Hall–Kier alpha value is -3.23. The van der Waals surface area contributed by atoms with Gasteiger partial charge in [-0.15, -0.1) is 0 Å². The van der Waals surface area contributed by atoms with Gasteiger partial charge in [0.2, 0.25) is 5.91 Å². The Bertz CT molecular complexity index is 861. The highest BCUT2D eigenvalue weighted by Crippen LogP contribution is 2.26. The van der Waals surface area contributed by atoms with Crippen molar-refractivity contribution >= 4 is 17.5 Å². The molecular weight excluding hydrogens is 377 g/mol. The van der Waals surface area contributed by atoms with Gasteiger partial charge >= 0.3 is 0 Å². The van der Waals surface area contributed by atoms with Crippen LogP contribution in [-0.4, -0.2) is 43.5 Å². The van der Waals surface area contributed by atoms with Crippen LogP contribution in [0.5, 0.6) is 11.5 Å². The number of ether oxygens (including phenoxy) is 2. The van der Waals surface area contributed by atoms with Crippen LogP contribution in [0, 0.1) is 17.5 Å². The first kappa shape index (κ1) is 21.1. The van der Waals surface area contributed by atoms with Crippen LogP contribution in [0.2, 0.25) is 0 Å². The van der Waals surface area contributed by atoms with Gasteiger partial charge in [-0.25, -0.2) is 13.2 Å². The van der Waals surface area contributed by atoms with Crippen LogP contribution in [0.4, 0.5) is 18.9 Å². The highest BCUT2D eigenvalue weighted by atomic mass is 19.2. The Morgan fingerprint density at radius 2 is 1.64 bits per heavy atom. The molecule has 0 saturated carbocycles. The third-order valence-electron chi connectivity index (χ3n) is 3.62. The van der Waals surface area contributed by atoms with Gasteiger partial charge in [-0.3, -0.25) is 9.59 Å². The summed E-state index contributed by atoms with van der Waals surface area (Å²) in [6.45, 7) is 1.44. The number of amides is 2. The smallest absolute Gasteiger partial charge is 0.260 e. The Morgan fingerprint density at radius 3 is 2.29 bits per heavy atom. The first-order valence-corrected chi connectivity index (χ1v) is 8.35. The zero-order chi connectivity index (χ0) is 20.7. The standard InChI is InChI=1S/C19H19F3N2O4/c1-3-27-14-6-4-5-7-15(14)28-11-17(26)24(2)10-16(25)23-13-9-8-12(20)18(21)19(13)22/h4-9H,3,10-11H2,1-2H3,(H,23,25). The van der Waals surface area contributed by atoms with Crippen LogP contribution in [0.25, 0.3) is 0 Å². The number of likely N-dealkylation sites (N-methyl/N-ethyl adjacent to an activating group) is 1. The van der Waals surface area contributed by atoms with Gasteiger partial charge in [-0.2, -0.15) is 0 Å². The summed E-state index contributed by atoms with van der Waals surface area (Å²) in [7, 11) is 1.35. The molecule has 28 heavy (non-hydrogen) atoms. The second-order valence-corrected chi connectivity index (χ2v) is 5.69. The topological polar surface area (TPSA) is 67.9 Å². The van der Waals surface area contributed by atoms with Crippen molar-refractivity contribution in [2.75, 3.05) is 32.1 Å². The molecule has 0 spiro atoms. The third kappa shape index (κ3) is 5.38. The van der Waals surface area contributed by atoms with Crippen molar-refractivity contribution in [3.63, 3.8) is 0 Å². The van der Waals surface area contributed by atoms with Crippen molar-refractivity contribution in [1.29, 1.82) is 0 Å². The lowest BCUT2D eigenvalue weighted by Gasteiger charge is -2.18. The highest BCUT2D eigenvalue weighted by molar-refractivity contribution is 5.94. The lowest BCUT2D eigenvalue weighted by molar-refractivity contribution is -0.135. The van der Waals surface area contributed by atoms with Crippen molar-refractivity contribution < 1.29 is 32.2 Å². The molecular formula is C19H19F3N2O4. The summed E-state index contributed by atoms with van der Waals surface area (Å²) in [6.07, 6.45) is 0. The lowest BCUT2D eigenvalue weighted by Crippen LogP contribution is -2.37. The molecule has 0 unspecified atom stereocenters. The fourth-order valence-corrected chi connectivity index (χ4v) is 2.21. The molecule has 0 heterocycles. The highest BCUT2D eigenvalue weighted by Gasteiger charge is 2.18. The monoisotopic (exact) mass is 396 g/mol. The molecule has 0 atom stereocenters.